The van der Waals surface area contributed by atoms with Crippen molar-refractivity contribution in [3.63, 3.8) is 0 Å². The van der Waals surface area contributed by atoms with Gasteiger partial charge in [-0.05, 0) is 24.6 Å². The molecule has 0 saturated carbocycles. The van der Waals surface area contributed by atoms with Crippen LogP contribution in [-0.2, 0) is 10.0 Å². The van der Waals surface area contributed by atoms with Crippen molar-refractivity contribution in [2.24, 2.45) is 5.14 Å². The van der Waals surface area contributed by atoms with Gasteiger partial charge in [-0.25, -0.2) is 13.6 Å². The fourth-order valence-corrected chi connectivity index (χ4v) is 2.62. The van der Waals surface area contributed by atoms with Crippen LogP contribution in [0.2, 0.25) is 0 Å². The second-order valence-corrected chi connectivity index (χ2v) is 6.26. The minimum absolute atomic E-state index is 0.122. The third-order valence-electron chi connectivity index (χ3n) is 3.05. The van der Waals surface area contributed by atoms with E-state index in [0.29, 0.717) is 6.54 Å². The van der Waals surface area contributed by atoms with E-state index in [4.69, 9.17) is 9.88 Å². The molecule has 0 unspecified atom stereocenters. The highest BCUT2D eigenvalue weighted by molar-refractivity contribution is 7.89. The molecule has 21 heavy (non-hydrogen) atoms. The van der Waals surface area contributed by atoms with E-state index in [0.717, 1.165) is 25.7 Å². The van der Waals surface area contributed by atoms with Gasteiger partial charge in [0.1, 0.15) is 10.6 Å². The summed E-state index contributed by atoms with van der Waals surface area (Å²) < 4.78 is 27.9. The number of nitrogens with one attached hydrogen (secondary N) is 1. The van der Waals surface area contributed by atoms with Crippen LogP contribution >= 0.6 is 0 Å². The predicted molar refractivity (Wildman–Crippen MR) is 80.8 cm³/mol. The lowest BCUT2D eigenvalue weighted by Gasteiger charge is -2.09. The molecule has 1 rings (SSSR count). The molecule has 1 aromatic rings. The van der Waals surface area contributed by atoms with Crippen LogP contribution in [0.25, 0.3) is 0 Å². The second-order valence-electron chi connectivity index (χ2n) is 4.73. The molecule has 0 fully saturated rings. The number of rotatable bonds is 8. The molecule has 3 N–H and O–H groups in total. The molecule has 0 saturated heterocycles. The van der Waals surface area contributed by atoms with Crippen LogP contribution in [0.1, 0.15) is 43.0 Å². The van der Waals surface area contributed by atoms with Crippen molar-refractivity contribution in [2.75, 3.05) is 13.7 Å². The first-order valence-electron chi connectivity index (χ1n) is 6.89. The monoisotopic (exact) mass is 314 g/mol. The lowest BCUT2D eigenvalue weighted by molar-refractivity contribution is 0.0952. The van der Waals surface area contributed by atoms with E-state index in [1.54, 1.807) is 0 Å². The number of primary sulfonamides is 1. The molecule has 0 aliphatic carbocycles. The smallest absolute Gasteiger partial charge is 0.251 e. The maximum atomic E-state index is 12.0. The standard InChI is InChI=1S/C14H22N2O4S/c1-3-4-5-6-9-16-14(17)11-7-8-12(20-2)13(10-11)21(15,18)19/h7-8,10H,3-6,9H2,1-2H3,(H,16,17)(H2,15,18,19). The van der Waals surface area contributed by atoms with Crippen molar-refractivity contribution >= 4 is 15.9 Å². The molecular weight excluding hydrogens is 292 g/mol. The Kier molecular flexibility index (Phi) is 6.64. The van der Waals surface area contributed by atoms with Crippen molar-refractivity contribution < 1.29 is 17.9 Å². The highest BCUT2D eigenvalue weighted by Gasteiger charge is 2.17. The van der Waals surface area contributed by atoms with Gasteiger partial charge in [0.2, 0.25) is 10.0 Å². The Morgan fingerprint density at radius 1 is 1.29 bits per heavy atom. The van der Waals surface area contributed by atoms with E-state index >= 15 is 0 Å². The van der Waals surface area contributed by atoms with Gasteiger partial charge in [0, 0.05) is 12.1 Å². The predicted octanol–water partition coefficient (Wildman–Crippen LogP) is 1.65. The highest BCUT2D eigenvalue weighted by atomic mass is 32.2. The second kappa shape index (κ2) is 7.99. The van der Waals surface area contributed by atoms with Crippen molar-refractivity contribution in [2.45, 2.75) is 37.5 Å². The van der Waals surface area contributed by atoms with Crippen LogP contribution in [0.4, 0.5) is 0 Å². The third-order valence-corrected chi connectivity index (χ3v) is 3.98. The van der Waals surface area contributed by atoms with Crippen molar-refractivity contribution in [1.82, 2.24) is 5.32 Å². The zero-order valence-corrected chi connectivity index (χ0v) is 13.2. The van der Waals surface area contributed by atoms with Crippen LogP contribution in [0.5, 0.6) is 5.75 Å². The summed E-state index contributed by atoms with van der Waals surface area (Å²) in [4.78, 5) is 11.8. The quantitative estimate of drug-likeness (QED) is 0.713. The maximum absolute atomic E-state index is 12.0. The molecule has 0 heterocycles. The summed E-state index contributed by atoms with van der Waals surface area (Å²) in [6.07, 6.45) is 4.22. The van der Waals surface area contributed by atoms with Crippen LogP contribution in [0, 0.1) is 0 Å². The van der Waals surface area contributed by atoms with Crippen LogP contribution in [-0.4, -0.2) is 28.0 Å². The van der Waals surface area contributed by atoms with Crippen molar-refractivity contribution in [3.8, 4) is 5.75 Å². The minimum atomic E-state index is -3.94. The van der Waals surface area contributed by atoms with Crippen molar-refractivity contribution in [3.05, 3.63) is 23.8 Å². The van der Waals surface area contributed by atoms with Crippen LogP contribution in [0.3, 0.4) is 0 Å². The number of nitrogens with two attached hydrogens (primary N) is 1. The number of sulfonamides is 1. The fraction of sp³-hybridized carbons (Fsp3) is 0.500. The Bertz CT molecular complexity index is 585. The topological polar surface area (TPSA) is 98.5 Å². The number of amides is 1. The average Bonchev–Trinajstić information content (AvgIpc) is 2.45. The molecule has 0 spiro atoms. The van der Waals surface area contributed by atoms with Gasteiger partial charge in [0.15, 0.2) is 0 Å². The fourth-order valence-electron chi connectivity index (χ4n) is 1.90. The van der Waals surface area contributed by atoms with Crippen LogP contribution < -0.4 is 15.2 Å². The Morgan fingerprint density at radius 2 is 2.00 bits per heavy atom. The van der Waals surface area contributed by atoms with E-state index in [1.165, 1.54) is 25.3 Å². The van der Waals surface area contributed by atoms with E-state index in [9.17, 15) is 13.2 Å². The summed E-state index contributed by atoms with van der Waals surface area (Å²) in [5.41, 5.74) is 0.246. The SMILES string of the molecule is CCCCCCNC(=O)c1ccc(OC)c(S(N)(=O)=O)c1. The van der Waals surface area contributed by atoms with E-state index in [1.807, 2.05) is 0 Å². The van der Waals surface area contributed by atoms with Gasteiger partial charge in [-0.2, -0.15) is 0 Å². The van der Waals surface area contributed by atoms with Gasteiger partial charge in [-0.15, -0.1) is 0 Å². The maximum Gasteiger partial charge on any atom is 0.251 e. The zero-order chi connectivity index (χ0) is 15.9. The van der Waals surface area contributed by atoms with Gasteiger partial charge in [-0.3, -0.25) is 4.79 Å². The number of hydrogen-bond acceptors (Lipinski definition) is 4. The lowest BCUT2D eigenvalue weighted by Crippen LogP contribution is -2.25. The first-order valence-corrected chi connectivity index (χ1v) is 8.43. The number of carbonyl (C=O) groups excluding carboxylic acids is 1. The van der Waals surface area contributed by atoms with E-state index < -0.39 is 10.0 Å². The molecule has 0 aromatic heterocycles. The number of ether oxygens (including phenoxy) is 1. The van der Waals surface area contributed by atoms with Gasteiger partial charge >= 0.3 is 0 Å². The highest BCUT2D eigenvalue weighted by Crippen LogP contribution is 2.23. The number of methoxy groups -OCH3 is 1. The zero-order valence-electron chi connectivity index (χ0n) is 12.4. The summed E-state index contributed by atoms with van der Waals surface area (Å²) in [7, 11) is -2.59. The van der Waals surface area contributed by atoms with Gasteiger partial charge in [0.05, 0.1) is 7.11 Å². The Morgan fingerprint density at radius 3 is 2.57 bits per heavy atom. The largest absolute Gasteiger partial charge is 0.495 e. The molecule has 0 aliphatic heterocycles. The molecule has 6 nitrogen and oxygen atoms in total. The molecular formula is C14H22N2O4S. The molecule has 0 radical (unpaired) electrons. The Hall–Kier alpha value is -1.60. The van der Waals surface area contributed by atoms with E-state index in [-0.39, 0.29) is 22.1 Å². The molecule has 0 aliphatic rings. The van der Waals surface area contributed by atoms with Crippen LogP contribution in [0.15, 0.2) is 23.1 Å². The summed E-state index contributed by atoms with van der Waals surface area (Å²) >= 11 is 0. The minimum Gasteiger partial charge on any atom is -0.495 e. The van der Waals surface area contributed by atoms with Gasteiger partial charge in [0.25, 0.3) is 5.91 Å². The molecule has 0 bridgehead atoms. The summed E-state index contributed by atoms with van der Waals surface area (Å²) in [5, 5.41) is 7.88. The Balaban J connectivity index is 2.77. The number of unbranched alkanes of at least 4 members (excludes halogenated alkanes) is 3. The average molecular weight is 314 g/mol. The molecule has 1 aromatic carbocycles. The first-order chi connectivity index (χ1) is 9.90. The van der Waals surface area contributed by atoms with Gasteiger partial charge in [-0.1, -0.05) is 26.2 Å². The number of hydrogen-bond donors (Lipinski definition) is 2. The molecule has 0 atom stereocenters. The first kappa shape index (κ1) is 17.5. The number of benzene rings is 1. The summed E-state index contributed by atoms with van der Waals surface area (Å²) in [6.45, 7) is 2.68. The molecule has 7 heteroatoms. The van der Waals surface area contributed by atoms with Crippen molar-refractivity contribution in [1.29, 1.82) is 0 Å². The Labute approximate surface area is 125 Å². The lowest BCUT2D eigenvalue weighted by atomic mass is 10.2. The van der Waals surface area contributed by atoms with E-state index in [2.05, 4.69) is 12.2 Å². The third kappa shape index (κ3) is 5.35. The number of carbonyl (C=O) groups is 1. The molecule has 118 valence electrons. The molecule has 1 amide bonds. The normalized spacial score (nSPS) is 11.2. The summed E-state index contributed by atoms with van der Waals surface area (Å²) in [6, 6.07) is 4.16. The van der Waals surface area contributed by atoms with Gasteiger partial charge < -0.3 is 10.1 Å². The summed E-state index contributed by atoms with van der Waals surface area (Å²) in [5.74, 6) is -0.198.